The number of nitrogens with one attached hydrogen (secondary N) is 3. The Labute approximate surface area is 79.8 Å². The Bertz CT molecular complexity index is 430. The highest BCUT2D eigenvalue weighted by Crippen LogP contribution is 2.04. The molecule has 0 aliphatic heterocycles. The lowest BCUT2D eigenvalue weighted by Gasteiger charge is -1.96. The smallest absolute Gasteiger partial charge is 0.292 e. The van der Waals surface area contributed by atoms with Gasteiger partial charge in [0.15, 0.2) is 11.6 Å². The molecule has 0 radical (unpaired) electrons. The summed E-state index contributed by atoms with van der Waals surface area (Å²) in [4.78, 5) is 17.9. The van der Waals surface area contributed by atoms with Gasteiger partial charge in [0.25, 0.3) is 5.91 Å². The molecule has 0 fully saturated rings. The van der Waals surface area contributed by atoms with Crippen LogP contribution in [0.2, 0.25) is 0 Å². The quantitative estimate of drug-likeness (QED) is 0.652. The highest BCUT2D eigenvalue weighted by molar-refractivity contribution is 6.00. The zero-order chi connectivity index (χ0) is 9.97. The van der Waals surface area contributed by atoms with Crippen molar-refractivity contribution in [2.24, 2.45) is 0 Å². The summed E-state index contributed by atoms with van der Waals surface area (Å²) >= 11 is 0. The van der Waals surface area contributed by atoms with Gasteiger partial charge < -0.3 is 10.3 Å². The van der Waals surface area contributed by atoms with Crippen LogP contribution >= 0.6 is 0 Å². The van der Waals surface area contributed by atoms with Crippen LogP contribution in [0, 0.1) is 6.92 Å². The third kappa shape index (κ3) is 1.63. The lowest BCUT2D eigenvalue weighted by atomic mass is 10.4. The summed E-state index contributed by atoms with van der Waals surface area (Å²) in [7, 11) is 0. The maximum absolute atomic E-state index is 11.4. The second kappa shape index (κ2) is 3.33. The van der Waals surface area contributed by atoms with Gasteiger partial charge in [-0.05, 0) is 6.92 Å². The van der Waals surface area contributed by atoms with Crippen LogP contribution in [-0.2, 0) is 0 Å². The SMILES string of the molecule is Cc1cc(NC(=O)c2ncc[nH]2)n[nH]1. The standard InChI is InChI=1S/C8H9N5O/c1-5-4-6(13-12-5)11-8(14)7-9-2-3-10-7/h2-4H,1H3,(H,9,10)(H2,11,12,13,14). The van der Waals surface area contributed by atoms with E-state index in [1.165, 1.54) is 6.20 Å². The van der Waals surface area contributed by atoms with Crippen molar-refractivity contribution in [1.82, 2.24) is 20.2 Å². The summed E-state index contributed by atoms with van der Waals surface area (Å²) in [5.41, 5.74) is 0.889. The largest absolute Gasteiger partial charge is 0.341 e. The van der Waals surface area contributed by atoms with Gasteiger partial charge in [0.2, 0.25) is 0 Å². The van der Waals surface area contributed by atoms with Gasteiger partial charge in [0.1, 0.15) is 0 Å². The Hall–Kier alpha value is -2.11. The van der Waals surface area contributed by atoms with Crippen molar-refractivity contribution in [3.63, 3.8) is 0 Å². The van der Waals surface area contributed by atoms with Crippen LogP contribution in [0.5, 0.6) is 0 Å². The lowest BCUT2D eigenvalue weighted by molar-refractivity contribution is 0.101. The van der Waals surface area contributed by atoms with Crippen molar-refractivity contribution in [3.05, 3.63) is 30.0 Å². The van der Waals surface area contributed by atoms with Gasteiger partial charge in [0.05, 0.1) is 0 Å². The van der Waals surface area contributed by atoms with E-state index in [1.54, 1.807) is 12.3 Å². The number of amides is 1. The van der Waals surface area contributed by atoms with Gasteiger partial charge in [-0.15, -0.1) is 0 Å². The van der Waals surface area contributed by atoms with E-state index in [0.29, 0.717) is 5.82 Å². The van der Waals surface area contributed by atoms with E-state index in [9.17, 15) is 4.79 Å². The van der Waals surface area contributed by atoms with Crippen LogP contribution in [0.1, 0.15) is 16.3 Å². The first-order valence-corrected chi connectivity index (χ1v) is 4.08. The first-order valence-electron chi connectivity index (χ1n) is 4.08. The molecule has 0 aromatic carbocycles. The fourth-order valence-corrected chi connectivity index (χ4v) is 1.05. The van der Waals surface area contributed by atoms with Crippen molar-refractivity contribution in [1.29, 1.82) is 0 Å². The van der Waals surface area contributed by atoms with E-state index in [0.717, 1.165) is 5.69 Å². The minimum absolute atomic E-state index is 0.269. The monoisotopic (exact) mass is 191 g/mol. The summed E-state index contributed by atoms with van der Waals surface area (Å²) in [6, 6.07) is 1.74. The summed E-state index contributed by atoms with van der Waals surface area (Å²) in [5.74, 6) is 0.455. The molecule has 3 N–H and O–H groups in total. The maximum atomic E-state index is 11.4. The molecule has 2 rings (SSSR count). The molecule has 0 bridgehead atoms. The number of anilines is 1. The summed E-state index contributed by atoms with van der Waals surface area (Å²) in [6.07, 6.45) is 3.11. The Kier molecular flexibility index (Phi) is 2.02. The number of aromatic nitrogens is 4. The normalized spacial score (nSPS) is 10.1. The zero-order valence-corrected chi connectivity index (χ0v) is 7.53. The van der Waals surface area contributed by atoms with Crippen molar-refractivity contribution in [2.75, 3.05) is 5.32 Å². The molecule has 2 aromatic heterocycles. The molecule has 6 nitrogen and oxygen atoms in total. The summed E-state index contributed by atoms with van der Waals surface area (Å²) < 4.78 is 0. The molecule has 6 heteroatoms. The number of carbonyl (C=O) groups excluding carboxylic acids is 1. The molecule has 0 saturated carbocycles. The molecular weight excluding hydrogens is 182 g/mol. The van der Waals surface area contributed by atoms with E-state index in [1.807, 2.05) is 6.92 Å². The maximum Gasteiger partial charge on any atom is 0.292 e. The number of hydrogen-bond acceptors (Lipinski definition) is 3. The summed E-state index contributed by atoms with van der Waals surface area (Å²) in [5, 5.41) is 9.18. The molecule has 2 heterocycles. The van der Waals surface area contributed by atoms with Gasteiger partial charge in [-0.25, -0.2) is 4.98 Å². The number of aromatic amines is 2. The molecule has 1 amide bonds. The van der Waals surface area contributed by atoms with Gasteiger partial charge >= 0.3 is 0 Å². The van der Waals surface area contributed by atoms with Crippen LogP contribution in [0.15, 0.2) is 18.5 Å². The predicted molar refractivity (Wildman–Crippen MR) is 49.9 cm³/mol. The van der Waals surface area contributed by atoms with Gasteiger partial charge in [-0.3, -0.25) is 9.89 Å². The third-order valence-corrected chi connectivity index (χ3v) is 1.66. The second-order valence-corrected chi connectivity index (χ2v) is 2.83. The van der Waals surface area contributed by atoms with Gasteiger partial charge in [0, 0.05) is 24.2 Å². The molecule has 14 heavy (non-hydrogen) atoms. The molecule has 0 spiro atoms. The Morgan fingerprint density at radius 3 is 3.00 bits per heavy atom. The zero-order valence-electron chi connectivity index (χ0n) is 7.53. The fraction of sp³-hybridized carbons (Fsp3) is 0.125. The Morgan fingerprint density at radius 2 is 2.43 bits per heavy atom. The lowest BCUT2D eigenvalue weighted by Crippen LogP contribution is -2.13. The van der Waals surface area contributed by atoms with E-state index in [2.05, 4.69) is 25.5 Å². The average Bonchev–Trinajstić information content (AvgIpc) is 2.75. The molecule has 0 atom stereocenters. The van der Waals surface area contributed by atoms with E-state index >= 15 is 0 Å². The molecule has 0 unspecified atom stereocenters. The van der Waals surface area contributed by atoms with Crippen LogP contribution < -0.4 is 5.32 Å². The van der Waals surface area contributed by atoms with Crippen molar-refractivity contribution in [3.8, 4) is 0 Å². The van der Waals surface area contributed by atoms with E-state index in [-0.39, 0.29) is 11.7 Å². The van der Waals surface area contributed by atoms with Gasteiger partial charge in [-0.2, -0.15) is 5.10 Å². The average molecular weight is 191 g/mol. The second-order valence-electron chi connectivity index (χ2n) is 2.83. The summed E-state index contributed by atoms with van der Waals surface area (Å²) in [6.45, 7) is 1.86. The Balaban J connectivity index is 2.09. The van der Waals surface area contributed by atoms with Crippen LogP contribution in [0.3, 0.4) is 0 Å². The van der Waals surface area contributed by atoms with E-state index in [4.69, 9.17) is 0 Å². The Morgan fingerprint density at radius 1 is 1.57 bits per heavy atom. The van der Waals surface area contributed by atoms with Crippen molar-refractivity contribution < 1.29 is 4.79 Å². The first kappa shape index (κ1) is 8.49. The van der Waals surface area contributed by atoms with Crippen LogP contribution in [-0.4, -0.2) is 26.1 Å². The third-order valence-electron chi connectivity index (χ3n) is 1.66. The molecule has 0 saturated heterocycles. The van der Waals surface area contributed by atoms with Crippen molar-refractivity contribution >= 4 is 11.7 Å². The molecule has 72 valence electrons. The molecular formula is C8H9N5O. The highest BCUT2D eigenvalue weighted by atomic mass is 16.2. The van der Waals surface area contributed by atoms with E-state index < -0.39 is 0 Å². The van der Waals surface area contributed by atoms with Crippen molar-refractivity contribution in [2.45, 2.75) is 6.92 Å². The van der Waals surface area contributed by atoms with Crippen LogP contribution in [0.25, 0.3) is 0 Å². The first-order chi connectivity index (χ1) is 6.75. The number of carbonyl (C=O) groups is 1. The number of nitrogens with zero attached hydrogens (tertiary/aromatic N) is 2. The fourth-order valence-electron chi connectivity index (χ4n) is 1.05. The molecule has 0 aliphatic rings. The minimum Gasteiger partial charge on any atom is -0.341 e. The topological polar surface area (TPSA) is 86.5 Å². The number of H-pyrrole nitrogens is 2. The number of aryl methyl sites for hydroxylation is 1. The van der Waals surface area contributed by atoms with Crippen LogP contribution in [0.4, 0.5) is 5.82 Å². The molecule has 0 aliphatic carbocycles. The number of imidazole rings is 1. The molecule has 2 aromatic rings. The highest BCUT2D eigenvalue weighted by Gasteiger charge is 2.08. The predicted octanol–water partition coefficient (Wildman–Crippen LogP) is 0.694. The minimum atomic E-state index is -0.304. The number of rotatable bonds is 2. The van der Waals surface area contributed by atoms with Gasteiger partial charge in [-0.1, -0.05) is 0 Å². The number of hydrogen-bond donors (Lipinski definition) is 3.